The molecule has 2 rings (SSSR count). The Morgan fingerprint density at radius 3 is 2.56 bits per heavy atom. The van der Waals surface area contributed by atoms with Crippen LogP contribution in [-0.4, -0.2) is 14.6 Å². The van der Waals surface area contributed by atoms with Crippen molar-refractivity contribution in [1.82, 2.24) is 9.78 Å². The van der Waals surface area contributed by atoms with Crippen molar-refractivity contribution >= 4 is 17.1 Å². The van der Waals surface area contributed by atoms with Gasteiger partial charge in [-0.05, 0) is 30.5 Å². The number of aromatic nitrogens is 2. The molecule has 1 N–H and O–H groups in total. The minimum absolute atomic E-state index is 0.208. The monoisotopic (exact) mass is 264 g/mol. The molecule has 2 aromatic rings. The van der Waals surface area contributed by atoms with Gasteiger partial charge in [0, 0.05) is 13.2 Å². The molecule has 0 aliphatic carbocycles. The Morgan fingerprint density at radius 2 is 2.00 bits per heavy atom. The number of rotatable bonds is 2. The largest absolute Gasteiger partial charge is 0.302 e. The number of halogens is 1. The van der Waals surface area contributed by atoms with Crippen molar-refractivity contribution < 1.29 is 4.39 Å². The number of nitrogens with zero attached hydrogens (tertiary/aromatic N) is 1. The standard InChI is InChI=1S/C13H13FN2OS/c1-7-4-5-9(8(2)11(7)14)12(18)10-6-15-16(3)13(10)17/h4-6,15H,1-3H3. The van der Waals surface area contributed by atoms with Crippen molar-refractivity contribution in [3.8, 4) is 0 Å². The van der Waals surface area contributed by atoms with E-state index in [1.165, 1.54) is 4.68 Å². The zero-order valence-electron chi connectivity index (χ0n) is 10.4. The van der Waals surface area contributed by atoms with Gasteiger partial charge < -0.3 is 5.10 Å². The number of aromatic amines is 1. The van der Waals surface area contributed by atoms with E-state index in [0.29, 0.717) is 27.1 Å². The molecule has 3 nitrogen and oxygen atoms in total. The molecule has 5 heteroatoms. The fraction of sp³-hybridized carbons (Fsp3) is 0.231. The quantitative estimate of drug-likeness (QED) is 0.667. The molecule has 1 heterocycles. The fourth-order valence-electron chi connectivity index (χ4n) is 1.84. The Kier molecular flexibility index (Phi) is 3.17. The smallest absolute Gasteiger partial charge is 0.274 e. The molecule has 0 saturated heterocycles. The number of nitrogens with one attached hydrogen (secondary N) is 1. The van der Waals surface area contributed by atoms with Gasteiger partial charge in [0.1, 0.15) is 5.82 Å². The number of thiocarbonyl (C=S) groups is 1. The van der Waals surface area contributed by atoms with Crippen LogP contribution in [-0.2, 0) is 7.05 Å². The molecular weight excluding hydrogens is 251 g/mol. The minimum atomic E-state index is -0.276. The molecule has 0 spiro atoms. The van der Waals surface area contributed by atoms with Gasteiger partial charge in [-0.2, -0.15) is 0 Å². The van der Waals surface area contributed by atoms with Crippen molar-refractivity contribution in [2.24, 2.45) is 7.05 Å². The maximum Gasteiger partial charge on any atom is 0.274 e. The Morgan fingerprint density at radius 1 is 1.33 bits per heavy atom. The molecule has 0 fully saturated rings. The highest BCUT2D eigenvalue weighted by Gasteiger charge is 2.16. The summed E-state index contributed by atoms with van der Waals surface area (Å²) in [5, 5.41) is 2.76. The van der Waals surface area contributed by atoms with Gasteiger partial charge in [-0.1, -0.05) is 24.4 Å². The second-order valence-electron chi connectivity index (χ2n) is 4.25. The van der Waals surface area contributed by atoms with Gasteiger partial charge in [0.05, 0.1) is 10.4 Å². The van der Waals surface area contributed by atoms with Crippen LogP contribution in [0.5, 0.6) is 0 Å². The van der Waals surface area contributed by atoms with Crippen LogP contribution in [0.2, 0.25) is 0 Å². The molecule has 0 atom stereocenters. The van der Waals surface area contributed by atoms with Crippen molar-refractivity contribution in [2.45, 2.75) is 13.8 Å². The molecular formula is C13H13FN2OS. The lowest BCUT2D eigenvalue weighted by Gasteiger charge is -2.08. The third-order valence-corrected chi connectivity index (χ3v) is 3.45. The Balaban J connectivity index is 2.57. The van der Waals surface area contributed by atoms with E-state index < -0.39 is 0 Å². The van der Waals surface area contributed by atoms with E-state index in [4.69, 9.17) is 12.2 Å². The summed E-state index contributed by atoms with van der Waals surface area (Å²) in [4.78, 5) is 12.2. The van der Waals surface area contributed by atoms with Crippen LogP contribution in [0.4, 0.5) is 4.39 Å². The van der Waals surface area contributed by atoms with Gasteiger partial charge in [-0.25, -0.2) is 4.39 Å². The summed E-state index contributed by atoms with van der Waals surface area (Å²) in [5.41, 5.74) is 1.81. The molecule has 0 radical (unpaired) electrons. The molecule has 0 unspecified atom stereocenters. The van der Waals surface area contributed by atoms with E-state index in [0.717, 1.165) is 0 Å². The van der Waals surface area contributed by atoms with Crippen LogP contribution >= 0.6 is 12.2 Å². The first-order chi connectivity index (χ1) is 8.43. The molecule has 0 amide bonds. The topological polar surface area (TPSA) is 37.8 Å². The Hall–Kier alpha value is -1.75. The van der Waals surface area contributed by atoms with Gasteiger partial charge in [0.25, 0.3) is 5.56 Å². The first-order valence-electron chi connectivity index (χ1n) is 5.48. The van der Waals surface area contributed by atoms with Crippen LogP contribution in [0.25, 0.3) is 0 Å². The number of H-pyrrole nitrogens is 1. The van der Waals surface area contributed by atoms with E-state index in [9.17, 15) is 9.18 Å². The third-order valence-electron chi connectivity index (χ3n) is 3.01. The van der Waals surface area contributed by atoms with Crippen LogP contribution in [0.15, 0.2) is 23.1 Å². The van der Waals surface area contributed by atoms with Crippen LogP contribution in [0.3, 0.4) is 0 Å². The molecule has 18 heavy (non-hydrogen) atoms. The van der Waals surface area contributed by atoms with Gasteiger partial charge in [-0.3, -0.25) is 9.48 Å². The zero-order chi connectivity index (χ0) is 13.4. The maximum atomic E-state index is 13.8. The molecule has 0 aliphatic rings. The third kappa shape index (κ3) is 1.90. The summed E-state index contributed by atoms with van der Waals surface area (Å²) in [6, 6.07) is 3.42. The summed E-state index contributed by atoms with van der Waals surface area (Å²) >= 11 is 5.28. The SMILES string of the molecule is Cc1ccc(C(=S)c2c[nH]n(C)c2=O)c(C)c1F. The molecule has 1 aromatic heterocycles. The Labute approximate surface area is 109 Å². The number of hydrogen-bond acceptors (Lipinski definition) is 2. The average molecular weight is 264 g/mol. The van der Waals surface area contributed by atoms with Gasteiger partial charge in [0.2, 0.25) is 0 Å². The Bertz CT molecular complexity index is 685. The predicted molar refractivity (Wildman–Crippen MR) is 72.7 cm³/mol. The van der Waals surface area contributed by atoms with Gasteiger partial charge in [-0.15, -0.1) is 0 Å². The van der Waals surface area contributed by atoms with Crippen molar-refractivity contribution in [3.05, 3.63) is 56.8 Å². The summed E-state index contributed by atoms with van der Waals surface area (Å²) in [5.74, 6) is -0.276. The van der Waals surface area contributed by atoms with E-state index in [1.54, 1.807) is 39.2 Å². The molecule has 0 saturated carbocycles. The maximum absolute atomic E-state index is 13.8. The van der Waals surface area contributed by atoms with Crippen molar-refractivity contribution in [2.75, 3.05) is 0 Å². The first-order valence-corrected chi connectivity index (χ1v) is 5.89. The lowest BCUT2D eigenvalue weighted by atomic mass is 9.99. The summed E-state index contributed by atoms with van der Waals surface area (Å²) in [6.07, 6.45) is 1.54. The zero-order valence-corrected chi connectivity index (χ0v) is 11.2. The number of aryl methyl sites for hydroxylation is 2. The van der Waals surface area contributed by atoms with Gasteiger partial charge >= 0.3 is 0 Å². The van der Waals surface area contributed by atoms with E-state index in [1.807, 2.05) is 0 Å². The first kappa shape index (κ1) is 12.7. The van der Waals surface area contributed by atoms with Crippen LogP contribution in [0, 0.1) is 19.7 Å². The highest BCUT2D eigenvalue weighted by atomic mass is 32.1. The second-order valence-corrected chi connectivity index (χ2v) is 4.66. The molecule has 1 aromatic carbocycles. The summed E-state index contributed by atoms with van der Waals surface area (Å²) < 4.78 is 15.2. The minimum Gasteiger partial charge on any atom is -0.302 e. The summed E-state index contributed by atoms with van der Waals surface area (Å²) in [6.45, 7) is 3.37. The van der Waals surface area contributed by atoms with E-state index in [2.05, 4.69) is 5.10 Å². The van der Waals surface area contributed by atoms with Crippen LogP contribution < -0.4 is 5.56 Å². The van der Waals surface area contributed by atoms with Gasteiger partial charge in [0.15, 0.2) is 0 Å². The lowest BCUT2D eigenvalue weighted by molar-refractivity contribution is 0.609. The molecule has 0 bridgehead atoms. The molecule has 0 aliphatic heterocycles. The number of hydrogen-bond donors (Lipinski definition) is 1. The second kappa shape index (κ2) is 4.49. The number of benzene rings is 1. The fourth-order valence-corrected chi connectivity index (χ4v) is 2.20. The average Bonchev–Trinajstić information content (AvgIpc) is 2.67. The van der Waals surface area contributed by atoms with Crippen molar-refractivity contribution in [1.29, 1.82) is 0 Å². The van der Waals surface area contributed by atoms with E-state index >= 15 is 0 Å². The van der Waals surface area contributed by atoms with Crippen molar-refractivity contribution in [3.63, 3.8) is 0 Å². The normalized spacial score (nSPS) is 10.7. The lowest BCUT2D eigenvalue weighted by Crippen LogP contribution is -2.19. The highest BCUT2D eigenvalue weighted by Crippen LogP contribution is 2.19. The predicted octanol–water partition coefficient (Wildman–Crippen LogP) is 2.24. The summed E-state index contributed by atoms with van der Waals surface area (Å²) in [7, 11) is 1.61. The molecule has 94 valence electrons. The van der Waals surface area contributed by atoms with E-state index in [-0.39, 0.29) is 11.4 Å². The van der Waals surface area contributed by atoms with Crippen LogP contribution in [0.1, 0.15) is 22.3 Å². The highest BCUT2D eigenvalue weighted by molar-refractivity contribution is 7.81.